The minimum absolute atomic E-state index is 0.126. The fourth-order valence-electron chi connectivity index (χ4n) is 1.80. The van der Waals surface area contributed by atoms with Gasteiger partial charge in [-0.25, -0.2) is 0 Å². The van der Waals surface area contributed by atoms with Gasteiger partial charge in [-0.15, -0.1) is 0 Å². The minimum atomic E-state index is -0.385. The van der Waals surface area contributed by atoms with E-state index >= 15 is 0 Å². The number of carbonyl (C=O) groups is 1. The number of aliphatic hydroxyl groups excluding tert-OH is 1. The summed E-state index contributed by atoms with van der Waals surface area (Å²) in [7, 11) is 0. The molecule has 4 heteroatoms. The third kappa shape index (κ3) is 3.54. The van der Waals surface area contributed by atoms with Gasteiger partial charge < -0.3 is 10.4 Å². The number of carbonyl (C=O) groups excluding carboxylic acids is 1. The molecule has 0 unspecified atom stereocenters. The van der Waals surface area contributed by atoms with Crippen LogP contribution in [0.15, 0.2) is 54.6 Å². The molecular weight excluding hydrogens is 353 g/mol. The third-order valence-corrected chi connectivity index (χ3v) is 3.75. The summed E-state index contributed by atoms with van der Waals surface area (Å²) in [5.41, 5.74) is 1.52. The molecule has 1 amide bonds. The van der Waals surface area contributed by atoms with Crippen LogP contribution < -0.4 is 5.32 Å². The van der Waals surface area contributed by atoms with E-state index in [1.54, 1.807) is 6.07 Å². The predicted octanol–water partition coefficient (Wildman–Crippen LogP) is 2.75. The highest BCUT2D eigenvalue weighted by molar-refractivity contribution is 14.1. The summed E-state index contributed by atoms with van der Waals surface area (Å²) >= 11 is 2.13. The fourth-order valence-corrected chi connectivity index (χ4v) is 2.43. The van der Waals surface area contributed by atoms with Gasteiger partial charge in [0.15, 0.2) is 0 Å². The lowest BCUT2D eigenvalue weighted by Crippen LogP contribution is -2.31. The van der Waals surface area contributed by atoms with Gasteiger partial charge in [0.05, 0.1) is 18.2 Å². The fraction of sp³-hybridized carbons (Fsp3) is 0.133. The Labute approximate surface area is 125 Å². The normalized spacial score (nSPS) is 11.9. The maximum absolute atomic E-state index is 12.2. The molecule has 2 aromatic carbocycles. The Bertz CT molecular complexity index is 557. The van der Waals surface area contributed by atoms with Crippen molar-refractivity contribution in [2.24, 2.45) is 0 Å². The van der Waals surface area contributed by atoms with Crippen LogP contribution in [0.3, 0.4) is 0 Å². The molecule has 0 spiro atoms. The molecule has 0 radical (unpaired) electrons. The molecule has 98 valence electrons. The van der Waals surface area contributed by atoms with E-state index in [0.29, 0.717) is 5.56 Å². The van der Waals surface area contributed by atoms with Crippen LogP contribution in [-0.2, 0) is 0 Å². The van der Waals surface area contributed by atoms with Crippen molar-refractivity contribution in [2.45, 2.75) is 6.04 Å². The first kappa shape index (κ1) is 14.0. The van der Waals surface area contributed by atoms with Gasteiger partial charge >= 0.3 is 0 Å². The maximum atomic E-state index is 12.2. The number of rotatable bonds is 4. The minimum Gasteiger partial charge on any atom is -0.394 e. The quantitative estimate of drug-likeness (QED) is 0.817. The number of nitrogens with one attached hydrogen (secondary N) is 1. The number of halogens is 1. The lowest BCUT2D eigenvalue weighted by atomic mass is 10.1. The van der Waals surface area contributed by atoms with E-state index in [1.807, 2.05) is 48.5 Å². The Hall–Kier alpha value is -1.40. The van der Waals surface area contributed by atoms with Gasteiger partial charge in [0.2, 0.25) is 0 Å². The standard InChI is InChI=1S/C15H14INO2/c16-13-9-5-4-8-12(13)15(19)17-14(10-18)11-6-2-1-3-7-11/h1-9,14,18H,10H2,(H,17,19)/t14-/m0/s1. The highest BCUT2D eigenvalue weighted by Gasteiger charge is 2.16. The summed E-state index contributed by atoms with van der Waals surface area (Å²) in [6, 6.07) is 16.4. The van der Waals surface area contributed by atoms with Crippen LogP contribution in [0.5, 0.6) is 0 Å². The smallest absolute Gasteiger partial charge is 0.252 e. The van der Waals surface area contributed by atoms with Crippen LogP contribution in [-0.4, -0.2) is 17.6 Å². The molecule has 0 aromatic heterocycles. The van der Waals surface area contributed by atoms with E-state index in [1.165, 1.54) is 0 Å². The van der Waals surface area contributed by atoms with Gasteiger partial charge in [0.25, 0.3) is 5.91 Å². The predicted molar refractivity (Wildman–Crippen MR) is 82.9 cm³/mol. The summed E-state index contributed by atoms with van der Waals surface area (Å²) in [4.78, 5) is 12.2. The van der Waals surface area contributed by atoms with Crippen molar-refractivity contribution in [3.63, 3.8) is 0 Å². The van der Waals surface area contributed by atoms with E-state index in [-0.39, 0.29) is 18.6 Å². The third-order valence-electron chi connectivity index (χ3n) is 2.81. The first-order valence-corrected chi connectivity index (χ1v) is 7.01. The van der Waals surface area contributed by atoms with E-state index in [4.69, 9.17) is 0 Å². The average molecular weight is 367 g/mol. The number of benzene rings is 2. The second-order valence-corrected chi connectivity index (χ2v) is 5.26. The van der Waals surface area contributed by atoms with E-state index in [9.17, 15) is 9.90 Å². The van der Waals surface area contributed by atoms with Gasteiger partial charge in [-0.05, 0) is 40.3 Å². The number of aliphatic hydroxyl groups is 1. The maximum Gasteiger partial charge on any atom is 0.252 e. The monoisotopic (exact) mass is 367 g/mol. The molecule has 2 N–H and O–H groups in total. The second kappa shape index (κ2) is 6.68. The Morgan fingerprint density at radius 1 is 1.11 bits per heavy atom. The van der Waals surface area contributed by atoms with Crippen molar-refractivity contribution < 1.29 is 9.90 Å². The molecule has 2 aromatic rings. The molecule has 0 bridgehead atoms. The number of hydrogen-bond acceptors (Lipinski definition) is 2. The van der Waals surface area contributed by atoms with Gasteiger partial charge in [0, 0.05) is 3.57 Å². The number of hydrogen-bond donors (Lipinski definition) is 2. The number of amides is 1. The first-order valence-electron chi connectivity index (χ1n) is 5.93. The average Bonchev–Trinajstić information content (AvgIpc) is 2.46. The van der Waals surface area contributed by atoms with Crippen LogP contribution in [0.4, 0.5) is 0 Å². The zero-order chi connectivity index (χ0) is 13.7. The van der Waals surface area contributed by atoms with Gasteiger partial charge in [-0.3, -0.25) is 4.79 Å². The lowest BCUT2D eigenvalue weighted by Gasteiger charge is -2.17. The van der Waals surface area contributed by atoms with Crippen LogP contribution in [0.2, 0.25) is 0 Å². The van der Waals surface area contributed by atoms with E-state index in [0.717, 1.165) is 9.13 Å². The Morgan fingerprint density at radius 3 is 2.37 bits per heavy atom. The SMILES string of the molecule is O=C(N[C@@H](CO)c1ccccc1)c1ccccc1I. The summed E-state index contributed by atoms with van der Waals surface area (Å²) in [5, 5.41) is 12.3. The largest absolute Gasteiger partial charge is 0.394 e. The molecule has 19 heavy (non-hydrogen) atoms. The highest BCUT2D eigenvalue weighted by Crippen LogP contribution is 2.15. The molecule has 0 aliphatic rings. The van der Waals surface area contributed by atoms with Crippen LogP contribution in [0, 0.1) is 3.57 Å². The Kier molecular flexibility index (Phi) is 4.93. The Balaban J connectivity index is 2.16. The van der Waals surface area contributed by atoms with Crippen LogP contribution in [0.1, 0.15) is 22.0 Å². The zero-order valence-electron chi connectivity index (χ0n) is 10.2. The van der Waals surface area contributed by atoms with Crippen LogP contribution >= 0.6 is 22.6 Å². The lowest BCUT2D eigenvalue weighted by molar-refractivity contribution is 0.0915. The summed E-state index contributed by atoms with van der Waals surface area (Å²) < 4.78 is 0.891. The summed E-state index contributed by atoms with van der Waals surface area (Å²) in [5.74, 6) is -0.173. The van der Waals surface area contributed by atoms with Crippen molar-refractivity contribution in [1.29, 1.82) is 0 Å². The molecule has 0 saturated heterocycles. The molecule has 3 nitrogen and oxygen atoms in total. The van der Waals surface area contributed by atoms with Gasteiger partial charge in [-0.1, -0.05) is 42.5 Å². The topological polar surface area (TPSA) is 49.3 Å². The van der Waals surface area contributed by atoms with Crippen molar-refractivity contribution in [3.8, 4) is 0 Å². The van der Waals surface area contributed by atoms with E-state index < -0.39 is 0 Å². The Morgan fingerprint density at radius 2 is 1.74 bits per heavy atom. The van der Waals surface area contributed by atoms with Crippen molar-refractivity contribution in [3.05, 3.63) is 69.3 Å². The zero-order valence-corrected chi connectivity index (χ0v) is 12.4. The molecular formula is C15H14INO2. The highest BCUT2D eigenvalue weighted by atomic mass is 127. The molecule has 0 aliphatic carbocycles. The molecule has 1 atom stereocenters. The molecule has 2 rings (SSSR count). The van der Waals surface area contributed by atoms with Gasteiger partial charge in [0.1, 0.15) is 0 Å². The molecule has 0 aliphatic heterocycles. The second-order valence-electron chi connectivity index (χ2n) is 4.10. The van der Waals surface area contributed by atoms with Crippen molar-refractivity contribution in [1.82, 2.24) is 5.32 Å². The van der Waals surface area contributed by atoms with E-state index in [2.05, 4.69) is 27.9 Å². The summed E-state index contributed by atoms with van der Waals surface area (Å²) in [6.07, 6.45) is 0. The molecule has 0 heterocycles. The van der Waals surface area contributed by atoms with Crippen LogP contribution in [0.25, 0.3) is 0 Å². The molecule has 0 fully saturated rings. The van der Waals surface area contributed by atoms with Gasteiger partial charge in [-0.2, -0.15) is 0 Å². The summed E-state index contributed by atoms with van der Waals surface area (Å²) in [6.45, 7) is -0.126. The first-order chi connectivity index (χ1) is 9.22. The molecule has 0 saturated carbocycles. The van der Waals surface area contributed by atoms with Crippen molar-refractivity contribution >= 4 is 28.5 Å². The van der Waals surface area contributed by atoms with Crippen molar-refractivity contribution in [2.75, 3.05) is 6.61 Å².